The van der Waals surface area contributed by atoms with Gasteiger partial charge in [-0.2, -0.15) is 0 Å². The summed E-state index contributed by atoms with van der Waals surface area (Å²) in [6, 6.07) is 4.47. The first-order valence-corrected chi connectivity index (χ1v) is 10.7. The number of hydrogen-bond acceptors (Lipinski definition) is 9. The Morgan fingerprint density at radius 2 is 1.87 bits per heavy atom. The Morgan fingerprint density at radius 1 is 1.00 bits per heavy atom. The minimum absolute atomic E-state index is 0.125. The van der Waals surface area contributed by atoms with Crippen LogP contribution in [0.1, 0.15) is 24.1 Å². The van der Waals surface area contributed by atoms with Gasteiger partial charge >= 0.3 is 0 Å². The lowest BCUT2D eigenvalue weighted by molar-refractivity contribution is 0.109. The van der Waals surface area contributed by atoms with Crippen molar-refractivity contribution in [2.45, 2.75) is 38.2 Å². The van der Waals surface area contributed by atoms with Gasteiger partial charge in [-0.15, -0.1) is 0 Å². The van der Waals surface area contributed by atoms with Crippen LogP contribution < -0.4 is 15.0 Å². The van der Waals surface area contributed by atoms with E-state index in [0.29, 0.717) is 25.2 Å². The van der Waals surface area contributed by atoms with Crippen molar-refractivity contribution in [1.29, 1.82) is 0 Å². The molecule has 0 atom stereocenters. The minimum atomic E-state index is 0.125. The average molecular weight is 420 g/mol. The molecule has 9 heteroatoms. The summed E-state index contributed by atoms with van der Waals surface area (Å²) in [5.74, 6) is 1.46. The van der Waals surface area contributed by atoms with Crippen molar-refractivity contribution in [2.24, 2.45) is 0 Å². The molecule has 0 unspecified atom stereocenters. The number of fused-ring (bicyclic) bond motifs is 2. The predicted octanol–water partition coefficient (Wildman–Crippen LogP) is 2.31. The highest BCUT2D eigenvalue weighted by Crippen LogP contribution is 2.34. The van der Waals surface area contributed by atoms with E-state index in [-0.39, 0.29) is 6.10 Å². The maximum absolute atomic E-state index is 6.38. The topological polar surface area (TPSA) is 94.5 Å². The molecule has 2 aliphatic heterocycles. The first-order chi connectivity index (χ1) is 15.3. The number of nitrogens with zero attached hydrogens (tertiary/aromatic N) is 5. The van der Waals surface area contributed by atoms with Crippen molar-refractivity contribution < 1.29 is 14.2 Å². The maximum atomic E-state index is 6.38. The van der Waals surface area contributed by atoms with Gasteiger partial charge in [0.2, 0.25) is 5.95 Å². The second-order valence-electron chi connectivity index (χ2n) is 8.18. The molecule has 0 radical (unpaired) electrons. The monoisotopic (exact) mass is 420 g/mol. The Balaban J connectivity index is 1.15. The molecule has 0 amide bonds. The van der Waals surface area contributed by atoms with Crippen molar-refractivity contribution in [3.05, 3.63) is 42.0 Å². The van der Waals surface area contributed by atoms with Crippen molar-refractivity contribution in [3.8, 4) is 5.75 Å². The van der Waals surface area contributed by atoms with Crippen molar-refractivity contribution in [3.63, 3.8) is 0 Å². The second kappa shape index (κ2) is 7.90. The van der Waals surface area contributed by atoms with Gasteiger partial charge in [-0.1, -0.05) is 0 Å². The number of morpholine rings is 1. The zero-order valence-electron chi connectivity index (χ0n) is 17.2. The van der Waals surface area contributed by atoms with Gasteiger partial charge in [0.25, 0.3) is 0 Å². The number of benzene rings is 1. The number of aromatic nitrogens is 4. The third kappa shape index (κ3) is 3.75. The molecule has 1 aromatic carbocycles. The van der Waals surface area contributed by atoms with Gasteiger partial charge in [-0.3, -0.25) is 4.98 Å². The molecule has 2 fully saturated rings. The molecule has 2 aromatic heterocycles. The van der Waals surface area contributed by atoms with E-state index in [4.69, 9.17) is 14.2 Å². The van der Waals surface area contributed by atoms with E-state index in [1.54, 1.807) is 12.4 Å². The summed E-state index contributed by atoms with van der Waals surface area (Å²) < 4.78 is 17.3. The fourth-order valence-electron chi connectivity index (χ4n) is 4.28. The zero-order valence-corrected chi connectivity index (χ0v) is 17.2. The first kappa shape index (κ1) is 18.7. The van der Waals surface area contributed by atoms with E-state index < -0.39 is 0 Å². The van der Waals surface area contributed by atoms with Crippen LogP contribution in [0.4, 0.5) is 11.6 Å². The normalized spacial score (nSPS) is 22.8. The fourth-order valence-corrected chi connectivity index (χ4v) is 4.28. The van der Waals surface area contributed by atoms with Gasteiger partial charge < -0.3 is 24.4 Å². The molecule has 1 saturated heterocycles. The van der Waals surface area contributed by atoms with E-state index >= 15 is 0 Å². The molecule has 3 aliphatic rings. The van der Waals surface area contributed by atoms with E-state index in [0.717, 1.165) is 72.9 Å². The van der Waals surface area contributed by atoms with Crippen molar-refractivity contribution in [1.82, 2.24) is 19.9 Å². The van der Waals surface area contributed by atoms with Crippen LogP contribution in [-0.4, -0.2) is 58.4 Å². The third-order valence-corrected chi connectivity index (χ3v) is 6.07. The van der Waals surface area contributed by atoms with Crippen LogP contribution in [0.5, 0.6) is 5.75 Å². The molecule has 31 heavy (non-hydrogen) atoms. The standard InChI is InChI=1S/C22H24N6O3/c1-2-24-21-18(23-1)9-16(28-3-5-29-6-4-28)10-20(21)31-17-7-15(8-17)26-22-25-11-14-12-30-13-19(14)27-22/h1-2,9-11,15,17H,3-8,12-13H2,(H,25,26,27)/t15-,17+. The number of ether oxygens (including phenoxy) is 3. The maximum Gasteiger partial charge on any atom is 0.223 e. The molecule has 1 saturated carbocycles. The van der Waals surface area contributed by atoms with Gasteiger partial charge in [-0.05, 0) is 6.07 Å². The highest BCUT2D eigenvalue weighted by Gasteiger charge is 2.32. The molecule has 6 rings (SSSR count). The lowest BCUT2D eigenvalue weighted by Crippen LogP contribution is -2.43. The molecule has 4 heterocycles. The van der Waals surface area contributed by atoms with E-state index in [2.05, 4.69) is 42.3 Å². The molecule has 3 aromatic rings. The molecule has 1 aliphatic carbocycles. The van der Waals surface area contributed by atoms with Crippen LogP contribution in [0.25, 0.3) is 11.0 Å². The number of rotatable bonds is 5. The van der Waals surface area contributed by atoms with Gasteiger partial charge in [-0.25, -0.2) is 15.0 Å². The smallest absolute Gasteiger partial charge is 0.223 e. The molecule has 1 N–H and O–H groups in total. The summed E-state index contributed by atoms with van der Waals surface area (Å²) in [6.45, 7) is 4.38. The zero-order chi connectivity index (χ0) is 20.6. The highest BCUT2D eigenvalue weighted by molar-refractivity contribution is 5.85. The number of hydrogen-bond donors (Lipinski definition) is 1. The van der Waals surface area contributed by atoms with E-state index in [1.165, 1.54) is 0 Å². The molecule has 9 nitrogen and oxygen atoms in total. The molecule has 160 valence electrons. The second-order valence-corrected chi connectivity index (χ2v) is 8.18. The minimum Gasteiger partial charge on any atom is -0.488 e. The van der Waals surface area contributed by atoms with E-state index in [1.807, 2.05) is 6.20 Å². The van der Waals surface area contributed by atoms with Crippen molar-refractivity contribution in [2.75, 3.05) is 36.5 Å². The van der Waals surface area contributed by atoms with Crippen LogP contribution in [-0.2, 0) is 22.7 Å². The van der Waals surface area contributed by atoms with Gasteiger partial charge in [0.05, 0.1) is 37.6 Å². The third-order valence-electron chi connectivity index (χ3n) is 6.07. The van der Waals surface area contributed by atoms with Crippen LogP contribution in [0.2, 0.25) is 0 Å². The molecular weight excluding hydrogens is 396 g/mol. The lowest BCUT2D eigenvalue weighted by Gasteiger charge is -2.36. The summed E-state index contributed by atoms with van der Waals surface area (Å²) >= 11 is 0. The fraction of sp³-hybridized carbons (Fsp3) is 0.455. The average Bonchev–Trinajstić information content (AvgIpc) is 3.26. The summed E-state index contributed by atoms with van der Waals surface area (Å²) in [6.07, 6.45) is 7.19. The largest absolute Gasteiger partial charge is 0.488 e. The van der Waals surface area contributed by atoms with E-state index in [9.17, 15) is 0 Å². The summed E-state index contributed by atoms with van der Waals surface area (Å²) in [5, 5.41) is 3.42. The number of anilines is 2. The molecule has 0 spiro atoms. The van der Waals surface area contributed by atoms with Gasteiger partial charge in [0, 0.05) is 67.9 Å². The first-order valence-electron chi connectivity index (χ1n) is 10.7. The Hall–Kier alpha value is -3.04. The summed E-state index contributed by atoms with van der Waals surface area (Å²) in [5.41, 5.74) is 4.82. The van der Waals surface area contributed by atoms with Gasteiger partial charge in [0.1, 0.15) is 17.4 Å². The van der Waals surface area contributed by atoms with Crippen LogP contribution in [0, 0.1) is 0 Å². The van der Waals surface area contributed by atoms with Crippen LogP contribution >= 0.6 is 0 Å². The lowest BCUT2D eigenvalue weighted by atomic mass is 9.89. The Labute approximate surface area is 179 Å². The van der Waals surface area contributed by atoms with Gasteiger partial charge in [0.15, 0.2) is 0 Å². The predicted molar refractivity (Wildman–Crippen MR) is 114 cm³/mol. The van der Waals surface area contributed by atoms with Crippen LogP contribution in [0.15, 0.2) is 30.7 Å². The highest BCUT2D eigenvalue weighted by atomic mass is 16.5. The van der Waals surface area contributed by atoms with Crippen LogP contribution in [0.3, 0.4) is 0 Å². The molecule has 0 bridgehead atoms. The van der Waals surface area contributed by atoms with Crippen molar-refractivity contribution >= 4 is 22.7 Å². The quantitative estimate of drug-likeness (QED) is 0.667. The Bertz CT molecular complexity index is 1100. The Kier molecular flexibility index (Phi) is 4.77. The summed E-state index contributed by atoms with van der Waals surface area (Å²) in [4.78, 5) is 20.3. The summed E-state index contributed by atoms with van der Waals surface area (Å²) in [7, 11) is 0. The number of nitrogens with one attached hydrogen (secondary N) is 1. The molecular formula is C22H24N6O3. The SMILES string of the molecule is c1cnc2c(O[C@H]3C[C@@H](Nc4ncc5c(n4)COC5)C3)cc(N3CCOCC3)cc2n1. The Morgan fingerprint density at radius 3 is 2.77 bits per heavy atom.